The van der Waals surface area contributed by atoms with Gasteiger partial charge in [0.2, 0.25) is 21.8 Å². The molecule has 0 spiro atoms. The molecule has 0 heterocycles. The average Bonchev–Trinajstić information content (AvgIpc) is 3.43. The molecule has 1 saturated carbocycles. The van der Waals surface area contributed by atoms with Crippen LogP contribution in [0.5, 0.6) is 0 Å². The minimum atomic E-state index is -3.85. The first kappa shape index (κ1) is 29.7. The molecule has 1 N–H and O–H groups in total. The molecule has 1 aliphatic rings. The Hall–Kier alpha value is -3.24. The summed E-state index contributed by atoms with van der Waals surface area (Å²) < 4.78 is 41.1. The van der Waals surface area contributed by atoms with Gasteiger partial charge < -0.3 is 10.2 Å². The van der Waals surface area contributed by atoms with E-state index in [9.17, 15) is 22.4 Å². The highest BCUT2D eigenvalue weighted by atomic mass is 79.9. The maximum atomic E-state index is 14.1. The van der Waals surface area contributed by atoms with Gasteiger partial charge in [-0.1, -0.05) is 77.3 Å². The van der Waals surface area contributed by atoms with Gasteiger partial charge in [-0.15, -0.1) is 0 Å². The molecule has 0 bridgehead atoms. The van der Waals surface area contributed by atoms with E-state index in [0.29, 0.717) is 15.7 Å². The lowest BCUT2D eigenvalue weighted by molar-refractivity contribution is -0.140. The smallest absolute Gasteiger partial charge is 0.244 e. The zero-order chi connectivity index (χ0) is 28.7. The van der Waals surface area contributed by atoms with Crippen LogP contribution in [0.25, 0.3) is 0 Å². The molecule has 1 unspecified atom stereocenters. The van der Waals surface area contributed by atoms with Crippen LogP contribution in [0.4, 0.5) is 10.1 Å². The number of hydrogen-bond donors (Lipinski definition) is 1. The van der Waals surface area contributed by atoms with Crippen LogP contribution in [0.2, 0.25) is 0 Å². The molecule has 3 aromatic carbocycles. The second kappa shape index (κ2) is 13.4. The fraction of sp³-hybridized carbons (Fsp3) is 0.333. The number of nitrogens with zero attached hydrogens (tertiary/aromatic N) is 2. The van der Waals surface area contributed by atoms with E-state index in [2.05, 4.69) is 21.2 Å². The third-order valence-corrected chi connectivity index (χ3v) is 8.65. The van der Waals surface area contributed by atoms with Crippen molar-refractivity contribution in [2.24, 2.45) is 0 Å². The lowest BCUT2D eigenvalue weighted by Crippen LogP contribution is -2.54. The molecular formula is C30H33BrFN3O4S. The van der Waals surface area contributed by atoms with Gasteiger partial charge in [-0.25, -0.2) is 12.8 Å². The molecule has 1 fully saturated rings. The van der Waals surface area contributed by atoms with Crippen molar-refractivity contribution >= 4 is 43.5 Å². The fourth-order valence-electron chi connectivity index (χ4n) is 4.95. The van der Waals surface area contributed by atoms with Crippen LogP contribution in [-0.4, -0.2) is 50.0 Å². The van der Waals surface area contributed by atoms with Gasteiger partial charge in [0, 0.05) is 23.5 Å². The molecule has 1 aliphatic carbocycles. The third-order valence-electron chi connectivity index (χ3n) is 7.01. The number of carbonyl (C=O) groups is 2. The van der Waals surface area contributed by atoms with Crippen molar-refractivity contribution < 1.29 is 22.4 Å². The van der Waals surface area contributed by atoms with E-state index in [1.54, 1.807) is 36.4 Å². The molecule has 4 rings (SSSR count). The van der Waals surface area contributed by atoms with Crippen LogP contribution in [0, 0.1) is 5.82 Å². The van der Waals surface area contributed by atoms with Crippen molar-refractivity contribution in [3.05, 3.63) is 100 Å². The van der Waals surface area contributed by atoms with E-state index in [0.717, 1.165) is 41.8 Å². The van der Waals surface area contributed by atoms with Gasteiger partial charge in [-0.05, 0) is 54.3 Å². The van der Waals surface area contributed by atoms with Gasteiger partial charge in [-0.2, -0.15) is 0 Å². The van der Waals surface area contributed by atoms with E-state index < -0.39 is 34.3 Å². The first-order valence-corrected chi connectivity index (χ1v) is 15.9. The highest BCUT2D eigenvalue weighted by Gasteiger charge is 2.34. The Morgan fingerprint density at radius 2 is 1.65 bits per heavy atom. The van der Waals surface area contributed by atoms with Gasteiger partial charge in [0.15, 0.2) is 0 Å². The predicted molar refractivity (Wildman–Crippen MR) is 158 cm³/mol. The molecule has 40 heavy (non-hydrogen) atoms. The number of hydrogen-bond acceptors (Lipinski definition) is 4. The second-order valence-corrected chi connectivity index (χ2v) is 12.9. The Morgan fingerprint density at radius 3 is 2.27 bits per heavy atom. The van der Waals surface area contributed by atoms with Crippen LogP contribution >= 0.6 is 15.9 Å². The molecule has 0 saturated heterocycles. The molecule has 3 aromatic rings. The van der Waals surface area contributed by atoms with Crippen molar-refractivity contribution in [1.82, 2.24) is 10.2 Å². The molecule has 7 nitrogen and oxygen atoms in total. The summed E-state index contributed by atoms with van der Waals surface area (Å²) in [7, 11) is -3.85. The summed E-state index contributed by atoms with van der Waals surface area (Å²) in [4.78, 5) is 29.3. The lowest BCUT2D eigenvalue weighted by atomic mass is 10.0. The highest BCUT2D eigenvalue weighted by Crippen LogP contribution is 2.24. The molecule has 212 valence electrons. The van der Waals surface area contributed by atoms with Crippen molar-refractivity contribution in [3.8, 4) is 0 Å². The molecule has 0 radical (unpaired) electrons. The van der Waals surface area contributed by atoms with E-state index in [-0.39, 0.29) is 24.9 Å². The van der Waals surface area contributed by atoms with Gasteiger partial charge in [0.1, 0.15) is 18.4 Å². The number of rotatable bonds is 11. The maximum absolute atomic E-state index is 14.1. The van der Waals surface area contributed by atoms with Crippen LogP contribution < -0.4 is 9.62 Å². The van der Waals surface area contributed by atoms with E-state index >= 15 is 0 Å². The minimum Gasteiger partial charge on any atom is -0.352 e. The molecule has 0 aliphatic heterocycles. The SMILES string of the molecule is CS(=O)(=O)N(CC(=O)N(Cc1ccc(F)cc1)C(Cc1ccccc1)C(=O)NC1CCCC1)c1cccc(Br)c1. The second-order valence-electron chi connectivity index (χ2n) is 10.1. The number of halogens is 2. The summed E-state index contributed by atoms with van der Waals surface area (Å²) in [5.41, 5.74) is 1.80. The first-order chi connectivity index (χ1) is 19.1. The molecule has 10 heteroatoms. The topological polar surface area (TPSA) is 86.8 Å². The van der Waals surface area contributed by atoms with E-state index in [1.807, 2.05) is 30.3 Å². The van der Waals surface area contributed by atoms with Crippen LogP contribution in [0.3, 0.4) is 0 Å². The summed E-state index contributed by atoms with van der Waals surface area (Å²) in [6.45, 7) is -0.497. The van der Waals surface area contributed by atoms with Crippen molar-refractivity contribution in [2.45, 2.75) is 50.7 Å². The van der Waals surface area contributed by atoms with Gasteiger partial charge in [0.25, 0.3) is 0 Å². The quantitative estimate of drug-likeness (QED) is 0.321. The van der Waals surface area contributed by atoms with Crippen molar-refractivity contribution in [2.75, 3.05) is 17.1 Å². The van der Waals surface area contributed by atoms with Gasteiger partial charge in [0.05, 0.1) is 11.9 Å². The standard InChI is InChI=1S/C30H33BrFN3O4S/c1-40(38,39)35(27-13-7-10-24(31)19-27)21-29(36)34(20-23-14-16-25(32)17-15-23)28(18-22-8-3-2-4-9-22)30(37)33-26-11-5-6-12-26/h2-4,7-10,13-17,19,26,28H,5-6,11-12,18,20-21H2,1H3,(H,33,37). The maximum Gasteiger partial charge on any atom is 0.244 e. The Morgan fingerprint density at radius 1 is 0.975 bits per heavy atom. The minimum absolute atomic E-state index is 0.00475. The normalized spacial score (nSPS) is 14.5. The predicted octanol–water partition coefficient (Wildman–Crippen LogP) is 5.05. The van der Waals surface area contributed by atoms with Gasteiger partial charge >= 0.3 is 0 Å². The number of carbonyl (C=O) groups excluding carboxylic acids is 2. The Kier molecular flexibility index (Phi) is 9.97. The third kappa shape index (κ3) is 8.14. The van der Waals surface area contributed by atoms with Crippen molar-refractivity contribution in [1.29, 1.82) is 0 Å². The first-order valence-electron chi connectivity index (χ1n) is 13.2. The Balaban J connectivity index is 1.72. The summed E-state index contributed by atoms with van der Waals surface area (Å²) in [6, 6.07) is 20.9. The number of sulfonamides is 1. The zero-order valence-electron chi connectivity index (χ0n) is 22.3. The molecule has 1 atom stereocenters. The Labute approximate surface area is 243 Å². The Bertz CT molecular complexity index is 1410. The highest BCUT2D eigenvalue weighted by molar-refractivity contribution is 9.10. The zero-order valence-corrected chi connectivity index (χ0v) is 24.7. The van der Waals surface area contributed by atoms with Crippen LogP contribution in [-0.2, 0) is 32.6 Å². The molecule has 2 amide bonds. The molecule has 0 aromatic heterocycles. The van der Waals surface area contributed by atoms with Crippen LogP contribution in [0.15, 0.2) is 83.3 Å². The van der Waals surface area contributed by atoms with Gasteiger partial charge in [-0.3, -0.25) is 13.9 Å². The molecular weight excluding hydrogens is 597 g/mol. The number of nitrogens with one attached hydrogen (secondary N) is 1. The monoisotopic (exact) mass is 629 g/mol. The largest absolute Gasteiger partial charge is 0.352 e. The van der Waals surface area contributed by atoms with Crippen LogP contribution in [0.1, 0.15) is 36.8 Å². The number of benzene rings is 3. The lowest BCUT2D eigenvalue weighted by Gasteiger charge is -2.34. The average molecular weight is 631 g/mol. The number of anilines is 1. The summed E-state index contributed by atoms with van der Waals surface area (Å²) in [6.07, 6.45) is 5.09. The summed E-state index contributed by atoms with van der Waals surface area (Å²) >= 11 is 3.36. The van der Waals surface area contributed by atoms with E-state index in [1.165, 1.54) is 17.0 Å². The fourth-order valence-corrected chi connectivity index (χ4v) is 6.18. The van der Waals surface area contributed by atoms with Crippen molar-refractivity contribution in [3.63, 3.8) is 0 Å². The summed E-state index contributed by atoms with van der Waals surface area (Å²) in [5, 5.41) is 3.12. The number of amides is 2. The summed E-state index contributed by atoms with van der Waals surface area (Å²) in [5.74, 6) is -1.25. The van der Waals surface area contributed by atoms with E-state index in [4.69, 9.17) is 0 Å².